The number of thioether (sulfide) groups is 1. The lowest BCUT2D eigenvalue weighted by molar-refractivity contribution is -0.140. The van der Waals surface area contributed by atoms with Gasteiger partial charge in [-0.2, -0.15) is 0 Å². The predicted octanol–water partition coefficient (Wildman–Crippen LogP) is 1.98. The van der Waals surface area contributed by atoms with Crippen molar-refractivity contribution in [2.24, 2.45) is 11.3 Å². The summed E-state index contributed by atoms with van der Waals surface area (Å²) in [6.45, 7) is 8.80. The molecule has 1 aliphatic heterocycles. The van der Waals surface area contributed by atoms with Gasteiger partial charge in [0.2, 0.25) is 5.91 Å². The van der Waals surface area contributed by atoms with Gasteiger partial charge in [-0.3, -0.25) is 9.36 Å². The van der Waals surface area contributed by atoms with Gasteiger partial charge in [-0.25, -0.2) is 9.89 Å². The Labute approximate surface area is 153 Å². The molecule has 0 bridgehead atoms. The van der Waals surface area contributed by atoms with Crippen LogP contribution in [0.1, 0.15) is 40.0 Å². The van der Waals surface area contributed by atoms with Crippen LogP contribution in [0, 0.1) is 11.3 Å². The highest BCUT2D eigenvalue weighted by Crippen LogP contribution is 2.27. The molecule has 1 fully saturated rings. The number of hydrogen-bond acceptors (Lipinski definition) is 5. The molecule has 142 valence electrons. The van der Waals surface area contributed by atoms with Gasteiger partial charge in [-0.15, -0.1) is 5.10 Å². The first-order valence-electron chi connectivity index (χ1n) is 8.89. The number of methoxy groups -OCH3 is 1. The molecule has 7 nitrogen and oxygen atoms in total. The number of H-pyrrole nitrogens is 1. The largest absolute Gasteiger partial charge is 0.385 e. The molecular weight excluding hydrogens is 340 g/mol. The second-order valence-electron chi connectivity index (χ2n) is 7.61. The van der Waals surface area contributed by atoms with Crippen molar-refractivity contribution >= 4 is 17.7 Å². The van der Waals surface area contributed by atoms with Crippen LogP contribution in [0.2, 0.25) is 0 Å². The standard InChI is InChI=1S/C17H30N4O3S/c1-17(2,3)14(22)20-9-6-13(7-10-20)12-25-16-19-18-15(23)21(16)8-5-11-24-4/h13H,5-12H2,1-4H3,(H,18,23). The molecule has 1 aromatic rings. The van der Waals surface area contributed by atoms with Gasteiger partial charge in [-0.05, 0) is 25.2 Å². The van der Waals surface area contributed by atoms with Gasteiger partial charge in [0.1, 0.15) is 0 Å². The number of nitrogens with zero attached hydrogens (tertiary/aromatic N) is 3. The summed E-state index contributed by atoms with van der Waals surface area (Å²) in [6.07, 6.45) is 2.80. The molecule has 0 aromatic carbocycles. The number of nitrogens with one attached hydrogen (secondary N) is 1. The fourth-order valence-corrected chi connectivity index (χ4v) is 4.11. The Morgan fingerprint density at radius 3 is 2.64 bits per heavy atom. The van der Waals surface area contributed by atoms with Crippen LogP contribution in [0.15, 0.2) is 9.95 Å². The van der Waals surface area contributed by atoms with Gasteiger partial charge in [0.05, 0.1) is 0 Å². The summed E-state index contributed by atoms with van der Waals surface area (Å²) in [5.74, 6) is 1.71. The third-order valence-electron chi connectivity index (χ3n) is 4.44. The Hall–Kier alpha value is -1.28. The number of hydrogen-bond donors (Lipinski definition) is 1. The van der Waals surface area contributed by atoms with Crippen molar-refractivity contribution in [3.8, 4) is 0 Å². The molecule has 8 heteroatoms. The van der Waals surface area contributed by atoms with Gasteiger partial charge in [0.15, 0.2) is 5.16 Å². The molecule has 0 radical (unpaired) electrons. The van der Waals surface area contributed by atoms with Gasteiger partial charge in [-0.1, -0.05) is 32.5 Å². The fraction of sp³-hybridized carbons (Fsp3) is 0.824. The van der Waals surface area contributed by atoms with Crippen molar-refractivity contribution in [2.75, 3.05) is 32.6 Å². The Bertz CT molecular complexity index is 612. The van der Waals surface area contributed by atoms with Crippen molar-refractivity contribution in [1.29, 1.82) is 0 Å². The van der Waals surface area contributed by atoms with Gasteiger partial charge >= 0.3 is 5.69 Å². The first-order chi connectivity index (χ1) is 11.8. The average Bonchev–Trinajstić information content (AvgIpc) is 2.92. The van der Waals surface area contributed by atoms with Crippen molar-refractivity contribution in [1.82, 2.24) is 19.7 Å². The Kier molecular flexibility index (Phi) is 7.13. The predicted molar refractivity (Wildman–Crippen MR) is 98.8 cm³/mol. The lowest BCUT2D eigenvalue weighted by Crippen LogP contribution is -2.44. The highest BCUT2D eigenvalue weighted by molar-refractivity contribution is 7.99. The second-order valence-corrected chi connectivity index (χ2v) is 8.59. The van der Waals surface area contributed by atoms with Crippen LogP contribution < -0.4 is 5.69 Å². The van der Waals surface area contributed by atoms with Crippen LogP contribution in [-0.4, -0.2) is 58.1 Å². The lowest BCUT2D eigenvalue weighted by Gasteiger charge is -2.35. The van der Waals surface area contributed by atoms with Gasteiger partial charge < -0.3 is 9.64 Å². The number of carbonyl (C=O) groups is 1. The van der Waals surface area contributed by atoms with E-state index in [1.807, 2.05) is 25.7 Å². The number of amides is 1. The summed E-state index contributed by atoms with van der Waals surface area (Å²) in [4.78, 5) is 26.2. The molecule has 1 N–H and O–H groups in total. The average molecular weight is 371 g/mol. The zero-order chi connectivity index (χ0) is 18.4. The van der Waals surface area contributed by atoms with E-state index in [0.29, 0.717) is 19.1 Å². The van der Waals surface area contributed by atoms with E-state index < -0.39 is 0 Å². The van der Waals surface area contributed by atoms with Crippen molar-refractivity contribution < 1.29 is 9.53 Å². The maximum absolute atomic E-state index is 12.3. The molecule has 2 heterocycles. The van der Waals surface area contributed by atoms with Crippen LogP contribution in [0.5, 0.6) is 0 Å². The SMILES string of the molecule is COCCCn1c(SCC2CCN(C(=O)C(C)(C)C)CC2)n[nH]c1=O. The Balaban J connectivity index is 1.82. The summed E-state index contributed by atoms with van der Waals surface area (Å²) in [7, 11) is 1.66. The third kappa shape index (κ3) is 5.60. The van der Waals surface area contributed by atoms with Crippen molar-refractivity contribution in [3.05, 3.63) is 10.5 Å². The normalized spacial score (nSPS) is 16.4. The minimum Gasteiger partial charge on any atom is -0.385 e. The molecule has 0 aliphatic carbocycles. The topological polar surface area (TPSA) is 80.2 Å². The third-order valence-corrected chi connectivity index (χ3v) is 5.65. The molecule has 0 spiro atoms. The molecule has 1 saturated heterocycles. The quantitative estimate of drug-likeness (QED) is 0.586. The minimum atomic E-state index is -0.311. The van der Waals surface area contributed by atoms with Crippen LogP contribution in [0.3, 0.4) is 0 Å². The molecular formula is C17H30N4O3S. The van der Waals surface area contributed by atoms with Crippen LogP contribution in [0.25, 0.3) is 0 Å². The maximum atomic E-state index is 12.3. The molecule has 0 atom stereocenters. The van der Waals surface area contributed by atoms with Crippen molar-refractivity contribution in [3.63, 3.8) is 0 Å². The smallest absolute Gasteiger partial charge is 0.343 e. The van der Waals surface area contributed by atoms with E-state index in [1.54, 1.807) is 23.4 Å². The minimum absolute atomic E-state index is 0.163. The number of piperidine rings is 1. The van der Waals surface area contributed by atoms with Crippen molar-refractivity contribution in [2.45, 2.75) is 51.7 Å². The summed E-state index contributed by atoms with van der Waals surface area (Å²) >= 11 is 1.62. The summed E-state index contributed by atoms with van der Waals surface area (Å²) < 4.78 is 6.73. The summed E-state index contributed by atoms with van der Waals surface area (Å²) in [5, 5.41) is 7.42. The second kappa shape index (κ2) is 8.89. The van der Waals surface area contributed by atoms with Gasteiger partial charge in [0, 0.05) is 44.5 Å². The fourth-order valence-electron chi connectivity index (χ4n) is 2.95. The zero-order valence-corrected chi connectivity index (χ0v) is 16.5. The first kappa shape index (κ1) is 20.0. The molecule has 1 amide bonds. The number of likely N-dealkylation sites (tertiary alicyclic amines) is 1. The zero-order valence-electron chi connectivity index (χ0n) is 15.7. The lowest BCUT2D eigenvalue weighted by atomic mass is 9.92. The number of aromatic amines is 1. The summed E-state index contributed by atoms with van der Waals surface area (Å²) in [5.41, 5.74) is -0.473. The van der Waals surface area contributed by atoms with E-state index in [9.17, 15) is 9.59 Å². The van der Waals surface area contributed by atoms with E-state index in [4.69, 9.17) is 4.74 Å². The van der Waals surface area contributed by atoms with E-state index in [-0.39, 0.29) is 17.0 Å². The maximum Gasteiger partial charge on any atom is 0.343 e. The molecule has 1 aliphatic rings. The van der Waals surface area contributed by atoms with E-state index >= 15 is 0 Å². The Morgan fingerprint density at radius 1 is 1.36 bits per heavy atom. The first-order valence-corrected chi connectivity index (χ1v) is 9.88. The molecule has 2 rings (SSSR count). The number of carbonyl (C=O) groups excluding carboxylic acids is 1. The molecule has 0 saturated carbocycles. The highest BCUT2D eigenvalue weighted by Gasteiger charge is 2.30. The number of ether oxygens (including phenoxy) is 1. The van der Waals surface area contributed by atoms with Crippen LogP contribution >= 0.6 is 11.8 Å². The molecule has 1 aromatic heterocycles. The van der Waals surface area contributed by atoms with Crippen LogP contribution in [-0.2, 0) is 16.1 Å². The molecule has 25 heavy (non-hydrogen) atoms. The number of rotatable bonds is 7. The van der Waals surface area contributed by atoms with E-state index in [1.165, 1.54) is 0 Å². The van der Waals surface area contributed by atoms with Crippen LogP contribution in [0.4, 0.5) is 0 Å². The van der Waals surface area contributed by atoms with E-state index in [2.05, 4.69) is 10.2 Å². The molecule has 0 unspecified atom stereocenters. The monoisotopic (exact) mass is 370 g/mol. The summed E-state index contributed by atoms with van der Waals surface area (Å²) in [6, 6.07) is 0. The number of aromatic nitrogens is 3. The highest BCUT2D eigenvalue weighted by atomic mass is 32.2. The van der Waals surface area contributed by atoms with E-state index in [0.717, 1.165) is 43.3 Å². The van der Waals surface area contributed by atoms with Gasteiger partial charge in [0.25, 0.3) is 0 Å². The Morgan fingerprint density at radius 2 is 2.04 bits per heavy atom.